The van der Waals surface area contributed by atoms with Crippen LogP contribution < -0.4 is 0 Å². The number of carbonyl (C=O) groups is 1. The highest BCUT2D eigenvalue weighted by Crippen LogP contribution is 2.27. The number of carbonyl (C=O) groups excluding carboxylic acids is 1. The van der Waals surface area contributed by atoms with E-state index in [0.29, 0.717) is 30.3 Å². The van der Waals surface area contributed by atoms with Crippen LogP contribution in [0.3, 0.4) is 0 Å². The van der Waals surface area contributed by atoms with Crippen molar-refractivity contribution < 1.29 is 15.0 Å². The second-order valence-electron chi connectivity index (χ2n) is 8.12. The van der Waals surface area contributed by atoms with Crippen molar-refractivity contribution in [2.75, 3.05) is 13.1 Å². The fraction of sp³-hybridized carbons (Fsp3) is 0.269. The van der Waals surface area contributed by atoms with Crippen LogP contribution in [0, 0.1) is 5.92 Å². The Bertz CT molecular complexity index is 1010. The number of benzene rings is 3. The van der Waals surface area contributed by atoms with E-state index in [1.807, 2.05) is 53.4 Å². The molecule has 154 valence electrons. The highest BCUT2D eigenvalue weighted by atomic mass is 16.3. The lowest BCUT2D eigenvalue weighted by Crippen LogP contribution is -2.39. The Kier molecular flexibility index (Phi) is 6.03. The minimum Gasteiger partial charge on any atom is -0.508 e. The van der Waals surface area contributed by atoms with Gasteiger partial charge in [0.2, 0.25) is 0 Å². The normalized spacial score (nSPS) is 14.6. The first-order valence-corrected chi connectivity index (χ1v) is 10.5. The molecule has 0 aromatic heterocycles. The number of phenols is 2. The lowest BCUT2D eigenvalue weighted by molar-refractivity contribution is 0.0687. The molecule has 0 saturated carbocycles. The van der Waals surface area contributed by atoms with E-state index in [9.17, 15) is 15.0 Å². The molecule has 3 aromatic rings. The molecule has 1 aliphatic heterocycles. The minimum absolute atomic E-state index is 0.0405. The van der Waals surface area contributed by atoms with Crippen LogP contribution >= 0.6 is 0 Å². The van der Waals surface area contributed by atoms with Gasteiger partial charge >= 0.3 is 0 Å². The van der Waals surface area contributed by atoms with Crippen LogP contribution in [0.15, 0.2) is 72.8 Å². The van der Waals surface area contributed by atoms with Crippen LogP contribution in [0.4, 0.5) is 0 Å². The van der Waals surface area contributed by atoms with Gasteiger partial charge in [-0.2, -0.15) is 0 Å². The fourth-order valence-electron chi connectivity index (χ4n) is 4.22. The Balaban J connectivity index is 1.39. The molecule has 0 atom stereocenters. The van der Waals surface area contributed by atoms with Crippen LogP contribution in [0.2, 0.25) is 0 Å². The summed E-state index contributed by atoms with van der Waals surface area (Å²) in [4.78, 5) is 14.9. The van der Waals surface area contributed by atoms with Crippen molar-refractivity contribution in [1.82, 2.24) is 4.90 Å². The maximum Gasteiger partial charge on any atom is 0.257 e. The molecular weight excluding hydrogens is 374 g/mol. The molecule has 0 radical (unpaired) electrons. The van der Waals surface area contributed by atoms with E-state index in [1.54, 1.807) is 12.1 Å². The number of likely N-dealkylation sites (tertiary alicyclic amines) is 1. The number of piperidine rings is 1. The molecule has 4 nitrogen and oxygen atoms in total. The molecule has 1 amide bonds. The van der Waals surface area contributed by atoms with Gasteiger partial charge in [-0.3, -0.25) is 4.79 Å². The van der Waals surface area contributed by atoms with E-state index < -0.39 is 0 Å². The lowest BCUT2D eigenvalue weighted by Gasteiger charge is -2.32. The van der Waals surface area contributed by atoms with Crippen molar-refractivity contribution in [1.29, 1.82) is 0 Å². The molecule has 0 aliphatic carbocycles. The quantitative estimate of drug-likeness (QED) is 0.647. The van der Waals surface area contributed by atoms with Gasteiger partial charge in [0.25, 0.3) is 5.91 Å². The Labute approximate surface area is 177 Å². The van der Waals surface area contributed by atoms with Crippen LogP contribution in [-0.4, -0.2) is 34.1 Å². The van der Waals surface area contributed by atoms with Crippen molar-refractivity contribution in [2.24, 2.45) is 5.92 Å². The molecule has 4 heteroatoms. The third-order valence-electron chi connectivity index (χ3n) is 5.88. The number of hydrogen-bond donors (Lipinski definition) is 2. The molecule has 0 spiro atoms. The van der Waals surface area contributed by atoms with E-state index in [2.05, 4.69) is 12.1 Å². The molecule has 0 unspecified atom stereocenters. The molecule has 1 heterocycles. The van der Waals surface area contributed by atoms with E-state index in [4.69, 9.17) is 0 Å². The van der Waals surface area contributed by atoms with E-state index in [-0.39, 0.29) is 11.7 Å². The summed E-state index contributed by atoms with van der Waals surface area (Å²) in [5.41, 5.74) is 3.70. The first-order valence-electron chi connectivity index (χ1n) is 10.5. The van der Waals surface area contributed by atoms with Gasteiger partial charge in [-0.25, -0.2) is 0 Å². The van der Waals surface area contributed by atoms with Gasteiger partial charge in [0, 0.05) is 13.1 Å². The molecule has 1 fully saturated rings. The summed E-state index contributed by atoms with van der Waals surface area (Å²) < 4.78 is 0. The van der Waals surface area contributed by atoms with Gasteiger partial charge in [-0.05, 0) is 72.6 Å². The summed E-state index contributed by atoms with van der Waals surface area (Å²) in [6.45, 7) is 1.37. The third-order valence-corrected chi connectivity index (χ3v) is 5.88. The highest BCUT2D eigenvalue weighted by molar-refractivity contribution is 5.97. The monoisotopic (exact) mass is 401 g/mol. The first kappa shape index (κ1) is 20.0. The van der Waals surface area contributed by atoms with Crippen molar-refractivity contribution in [3.8, 4) is 11.5 Å². The largest absolute Gasteiger partial charge is 0.508 e. The number of amides is 1. The molecule has 4 rings (SSSR count). The number of rotatable bonds is 5. The smallest absolute Gasteiger partial charge is 0.257 e. The summed E-state index contributed by atoms with van der Waals surface area (Å²) in [6, 6.07) is 22.8. The number of nitrogens with zero attached hydrogens (tertiary/aromatic N) is 1. The molecule has 3 aromatic carbocycles. The second kappa shape index (κ2) is 9.04. The molecule has 0 bridgehead atoms. The molecule has 30 heavy (non-hydrogen) atoms. The lowest BCUT2D eigenvalue weighted by atomic mass is 9.89. The molecule has 2 N–H and O–H groups in total. The summed E-state index contributed by atoms with van der Waals surface area (Å²) in [5, 5.41) is 20.0. The zero-order valence-electron chi connectivity index (χ0n) is 17.0. The highest BCUT2D eigenvalue weighted by Gasteiger charge is 2.25. The summed E-state index contributed by atoms with van der Waals surface area (Å²) in [7, 11) is 0. The van der Waals surface area contributed by atoms with Crippen molar-refractivity contribution in [2.45, 2.75) is 25.7 Å². The summed E-state index contributed by atoms with van der Waals surface area (Å²) in [6.07, 6.45) is 3.49. The average molecular weight is 402 g/mol. The summed E-state index contributed by atoms with van der Waals surface area (Å²) in [5.74, 6) is 0.733. The Morgan fingerprint density at radius 2 is 1.57 bits per heavy atom. The van der Waals surface area contributed by atoms with E-state index >= 15 is 0 Å². The summed E-state index contributed by atoms with van der Waals surface area (Å²) >= 11 is 0. The predicted molar refractivity (Wildman–Crippen MR) is 118 cm³/mol. The van der Waals surface area contributed by atoms with Crippen molar-refractivity contribution in [3.63, 3.8) is 0 Å². The van der Waals surface area contributed by atoms with E-state index in [1.165, 1.54) is 5.56 Å². The standard InChI is InChI=1S/C26H27NO3/c28-23-8-4-7-21(17-23)16-20-11-13-27(14-12-20)26(30)24-18-22(9-10-25(24)29)15-19-5-2-1-3-6-19/h1-10,17-18,20,28-29H,11-16H2. The fourth-order valence-corrected chi connectivity index (χ4v) is 4.22. The zero-order chi connectivity index (χ0) is 20.9. The Hall–Kier alpha value is -3.27. The number of phenolic OH excluding ortho intramolecular Hbond substituents is 2. The number of aromatic hydroxyl groups is 2. The Morgan fingerprint density at radius 3 is 2.30 bits per heavy atom. The van der Waals surface area contributed by atoms with Crippen LogP contribution in [0.1, 0.15) is 39.9 Å². The van der Waals surface area contributed by atoms with Crippen LogP contribution in [0.5, 0.6) is 11.5 Å². The van der Waals surface area contributed by atoms with Crippen molar-refractivity contribution in [3.05, 3.63) is 95.1 Å². The van der Waals surface area contributed by atoms with Gasteiger partial charge in [0.05, 0.1) is 5.56 Å². The number of hydrogen-bond acceptors (Lipinski definition) is 3. The van der Waals surface area contributed by atoms with Gasteiger partial charge < -0.3 is 15.1 Å². The molecule has 1 saturated heterocycles. The predicted octanol–water partition coefficient (Wildman–Crippen LogP) is 4.78. The van der Waals surface area contributed by atoms with Gasteiger partial charge in [-0.15, -0.1) is 0 Å². The van der Waals surface area contributed by atoms with Crippen molar-refractivity contribution >= 4 is 5.91 Å². The first-order chi connectivity index (χ1) is 14.6. The van der Waals surface area contributed by atoms with E-state index in [0.717, 1.165) is 36.8 Å². The minimum atomic E-state index is -0.0989. The van der Waals surface area contributed by atoms with Crippen LogP contribution in [-0.2, 0) is 12.8 Å². The molecule has 1 aliphatic rings. The van der Waals surface area contributed by atoms with Gasteiger partial charge in [0.1, 0.15) is 11.5 Å². The van der Waals surface area contributed by atoms with Gasteiger partial charge in [-0.1, -0.05) is 48.5 Å². The maximum atomic E-state index is 13.1. The average Bonchev–Trinajstić information content (AvgIpc) is 2.76. The topological polar surface area (TPSA) is 60.8 Å². The second-order valence-corrected chi connectivity index (χ2v) is 8.12. The van der Waals surface area contributed by atoms with Gasteiger partial charge in [0.15, 0.2) is 0 Å². The Morgan fingerprint density at radius 1 is 0.833 bits per heavy atom. The molecular formula is C26H27NO3. The maximum absolute atomic E-state index is 13.1. The third kappa shape index (κ3) is 4.82. The SMILES string of the molecule is O=C(c1cc(Cc2ccccc2)ccc1O)N1CCC(Cc2cccc(O)c2)CC1. The zero-order valence-corrected chi connectivity index (χ0v) is 17.0. The van der Waals surface area contributed by atoms with Crippen LogP contribution in [0.25, 0.3) is 0 Å².